The Hall–Kier alpha value is -3.16. The maximum absolute atomic E-state index is 14.0. The van der Waals surface area contributed by atoms with Gasteiger partial charge in [0.2, 0.25) is 22.8 Å². The number of nitrogens with zero attached hydrogens (tertiary/aromatic N) is 2. The molecule has 126 valence electrons. The van der Waals surface area contributed by atoms with E-state index in [-0.39, 0.29) is 16.8 Å². The molecule has 2 aromatic heterocycles. The number of benzene rings is 2. The van der Waals surface area contributed by atoms with Crippen molar-refractivity contribution in [2.75, 3.05) is 0 Å². The lowest BCUT2D eigenvalue weighted by molar-refractivity contribution is 0.409. The predicted octanol–water partition coefficient (Wildman–Crippen LogP) is 4.00. The van der Waals surface area contributed by atoms with Crippen molar-refractivity contribution >= 4 is 22.1 Å². The Morgan fingerprint density at radius 2 is 1.56 bits per heavy atom. The molecule has 0 aliphatic heterocycles. The van der Waals surface area contributed by atoms with Crippen LogP contribution in [0.1, 0.15) is 5.69 Å². The van der Waals surface area contributed by atoms with Gasteiger partial charge in [-0.15, -0.1) is 0 Å². The van der Waals surface area contributed by atoms with Gasteiger partial charge in [0, 0.05) is 0 Å². The number of halogens is 4. The highest BCUT2D eigenvalue weighted by atomic mass is 19.2. The summed E-state index contributed by atoms with van der Waals surface area (Å²) in [5.41, 5.74) is -1.53. The molecule has 4 aromatic rings. The molecule has 8 heteroatoms. The average molecular weight is 348 g/mol. The van der Waals surface area contributed by atoms with Gasteiger partial charge in [-0.05, 0) is 19.1 Å². The second-order valence-corrected chi connectivity index (χ2v) is 5.40. The Kier molecular flexibility index (Phi) is 3.18. The Morgan fingerprint density at radius 1 is 0.920 bits per heavy atom. The van der Waals surface area contributed by atoms with Gasteiger partial charge in [-0.2, -0.15) is 14.2 Å². The van der Waals surface area contributed by atoms with Crippen LogP contribution in [0.4, 0.5) is 17.6 Å². The number of hydrogen-bond donors (Lipinski definition) is 0. The molecule has 0 aliphatic rings. The van der Waals surface area contributed by atoms with E-state index in [4.69, 9.17) is 4.42 Å². The van der Waals surface area contributed by atoms with Gasteiger partial charge in [0.15, 0.2) is 17.2 Å². The maximum Gasteiger partial charge on any atom is 0.234 e. The molecule has 0 unspecified atom stereocenters. The van der Waals surface area contributed by atoms with E-state index >= 15 is 0 Å². The summed E-state index contributed by atoms with van der Waals surface area (Å²) in [4.78, 5) is 12.6. The molecule has 0 amide bonds. The number of aryl methyl sites for hydroxylation is 1. The fourth-order valence-electron chi connectivity index (χ4n) is 2.74. The van der Waals surface area contributed by atoms with E-state index < -0.39 is 39.7 Å². The van der Waals surface area contributed by atoms with Crippen molar-refractivity contribution in [3.63, 3.8) is 0 Å². The number of fused-ring (bicyclic) bond motifs is 2. The summed E-state index contributed by atoms with van der Waals surface area (Å²) in [7, 11) is 0. The van der Waals surface area contributed by atoms with Crippen LogP contribution >= 0.6 is 0 Å². The van der Waals surface area contributed by atoms with Crippen molar-refractivity contribution in [1.29, 1.82) is 0 Å². The fraction of sp³-hybridized carbons (Fsp3) is 0.0588. The topological polar surface area (TPSA) is 48.0 Å². The molecule has 0 aliphatic carbocycles. The van der Waals surface area contributed by atoms with Crippen LogP contribution in [0.2, 0.25) is 0 Å². The summed E-state index contributed by atoms with van der Waals surface area (Å²) in [6.45, 7) is 1.47. The first kappa shape index (κ1) is 15.4. The number of hydrogen-bond acceptors (Lipinski definition) is 3. The fourth-order valence-corrected chi connectivity index (χ4v) is 2.74. The van der Waals surface area contributed by atoms with E-state index in [0.717, 1.165) is 0 Å². The lowest BCUT2D eigenvalue weighted by atomic mass is 10.1. The van der Waals surface area contributed by atoms with Gasteiger partial charge >= 0.3 is 0 Å². The first-order valence-electron chi connectivity index (χ1n) is 7.15. The molecule has 0 bridgehead atoms. The Balaban J connectivity index is 2.25. The van der Waals surface area contributed by atoms with E-state index in [1.807, 2.05) is 0 Å². The molecule has 2 heterocycles. The molecule has 0 N–H and O–H groups in total. The number of rotatable bonds is 1. The zero-order chi connectivity index (χ0) is 17.9. The van der Waals surface area contributed by atoms with Gasteiger partial charge in [0.05, 0.1) is 11.4 Å². The van der Waals surface area contributed by atoms with Crippen LogP contribution in [0.3, 0.4) is 0 Å². The van der Waals surface area contributed by atoms with Crippen LogP contribution in [-0.2, 0) is 0 Å². The molecular formula is C17H8F4N2O2. The highest BCUT2D eigenvalue weighted by Crippen LogP contribution is 2.29. The van der Waals surface area contributed by atoms with Gasteiger partial charge in [-0.1, -0.05) is 18.2 Å². The van der Waals surface area contributed by atoms with Gasteiger partial charge in [0.1, 0.15) is 10.8 Å². The minimum absolute atomic E-state index is 0.138. The molecule has 0 radical (unpaired) electrons. The monoisotopic (exact) mass is 348 g/mol. The molecule has 0 spiro atoms. The molecule has 25 heavy (non-hydrogen) atoms. The Bertz CT molecular complexity index is 1210. The third-order valence-corrected chi connectivity index (χ3v) is 3.90. The summed E-state index contributed by atoms with van der Waals surface area (Å²) in [6.07, 6.45) is 0. The molecule has 0 saturated heterocycles. The van der Waals surface area contributed by atoms with E-state index in [1.165, 1.54) is 11.6 Å². The van der Waals surface area contributed by atoms with Crippen LogP contribution < -0.4 is 5.43 Å². The van der Waals surface area contributed by atoms with Crippen molar-refractivity contribution in [1.82, 2.24) is 9.78 Å². The van der Waals surface area contributed by atoms with Crippen LogP contribution in [0.15, 0.2) is 39.5 Å². The zero-order valence-corrected chi connectivity index (χ0v) is 12.6. The van der Waals surface area contributed by atoms with Crippen molar-refractivity contribution in [3.8, 4) is 5.69 Å². The number of para-hydroxylation sites is 1. The zero-order valence-electron chi connectivity index (χ0n) is 12.6. The normalized spacial score (nSPS) is 11.6. The second-order valence-electron chi connectivity index (χ2n) is 5.40. The van der Waals surface area contributed by atoms with Crippen LogP contribution in [0.25, 0.3) is 27.8 Å². The van der Waals surface area contributed by atoms with E-state index in [2.05, 4.69) is 5.10 Å². The molecule has 0 saturated carbocycles. The highest BCUT2D eigenvalue weighted by Gasteiger charge is 2.27. The van der Waals surface area contributed by atoms with Gasteiger partial charge < -0.3 is 4.42 Å². The molecule has 0 atom stereocenters. The third-order valence-electron chi connectivity index (χ3n) is 3.90. The molecule has 4 nitrogen and oxygen atoms in total. The van der Waals surface area contributed by atoms with Crippen LogP contribution in [0, 0.1) is 30.2 Å². The van der Waals surface area contributed by atoms with Crippen LogP contribution in [-0.4, -0.2) is 9.78 Å². The second kappa shape index (κ2) is 5.17. The summed E-state index contributed by atoms with van der Waals surface area (Å²) in [6, 6.07) is 8.45. The average Bonchev–Trinajstić information content (AvgIpc) is 2.95. The van der Waals surface area contributed by atoms with Crippen molar-refractivity contribution < 1.29 is 22.0 Å². The third kappa shape index (κ3) is 2.00. The predicted molar refractivity (Wildman–Crippen MR) is 81.7 cm³/mol. The van der Waals surface area contributed by atoms with E-state index in [1.54, 1.807) is 30.3 Å². The van der Waals surface area contributed by atoms with Crippen molar-refractivity contribution in [2.24, 2.45) is 0 Å². The first-order valence-corrected chi connectivity index (χ1v) is 7.15. The largest absolute Gasteiger partial charge is 0.434 e. The van der Waals surface area contributed by atoms with E-state index in [9.17, 15) is 22.4 Å². The van der Waals surface area contributed by atoms with Crippen LogP contribution in [0.5, 0.6) is 0 Å². The summed E-state index contributed by atoms with van der Waals surface area (Å²) in [5.74, 6) is -7.68. The Labute approximate surface area is 136 Å². The molecule has 4 rings (SSSR count). The van der Waals surface area contributed by atoms with Gasteiger partial charge in [0.25, 0.3) is 0 Å². The lowest BCUT2D eigenvalue weighted by Gasteiger charge is -2.05. The van der Waals surface area contributed by atoms with Gasteiger partial charge in [-0.25, -0.2) is 13.2 Å². The number of aromatic nitrogens is 2. The minimum Gasteiger partial charge on any atom is -0.434 e. The molecule has 0 fully saturated rings. The SMILES string of the molecule is Cc1nn(-c2ccccc2)c2oc3c(F)c(F)c(F)c(F)c3c(=O)c12. The quantitative estimate of drug-likeness (QED) is 0.297. The Morgan fingerprint density at radius 3 is 2.24 bits per heavy atom. The highest BCUT2D eigenvalue weighted by molar-refractivity contribution is 5.91. The maximum atomic E-state index is 14.0. The molecular weight excluding hydrogens is 340 g/mol. The summed E-state index contributed by atoms with van der Waals surface area (Å²) < 4.78 is 61.5. The lowest BCUT2D eigenvalue weighted by Crippen LogP contribution is -2.10. The standard InChI is InChI=1S/C17H8F4N2O2/c1-7-9-15(24)10-11(18)12(19)13(20)14(21)16(10)25-17(9)23(22-7)8-5-3-2-4-6-8/h2-6H,1H3. The van der Waals surface area contributed by atoms with Crippen molar-refractivity contribution in [3.05, 3.63) is 69.5 Å². The summed E-state index contributed by atoms with van der Waals surface area (Å²) >= 11 is 0. The molecule has 2 aromatic carbocycles. The smallest absolute Gasteiger partial charge is 0.234 e. The first-order chi connectivity index (χ1) is 11.9. The van der Waals surface area contributed by atoms with E-state index in [0.29, 0.717) is 5.69 Å². The summed E-state index contributed by atoms with van der Waals surface area (Å²) in [5, 5.41) is 3.01. The van der Waals surface area contributed by atoms with Crippen molar-refractivity contribution in [2.45, 2.75) is 6.92 Å². The minimum atomic E-state index is -2.07. The van der Waals surface area contributed by atoms with Gasteiger partial charge in [-0.3, -0.25) is 4.79 Å².